The average Bonchev–Trinajstić information content (AvgIpc) is 3.50. The molecule has 0 atom stereocenters. The molecule has 3 saturated carbocycles. The van der Waals surface area contributed by atoms with Crippen molar-refractivity contribution in [1.82, 2.24) is 19.8 Å². The Morgan fingerprint density at radius 3 is 2.31 bits per heavy atom. The summed E-state index contributed by atoms with van der Waals surface area (Å²) in [5.41, 5.74) is 1.31. The van der Waals surface area contributed by atoms with Gasteiger partial charge in [0.15, 0.2) is 0 Å². The van der Waals surface area contributed by atoms with E-state index in [0.717, 1.165) is 50.4 Å². The molecule has 192 valence electrons. The molecule has 1 aromatic carbocycles. The lowest BCUT2D eigenvalue weighted by molar-refractivity contribution is 0.0172. The number of hydrogen-bond acceptors (Lipinski definition) is 4. The highest BCUT2D eigenvalue weighted by atomic mass is 16.2. The van der Waals surface area contributed by atoms with Crippen molar-refractivity contribution in [3.05, 3.63) is 54.0 Å². The van der Waals surface area contributed by atoms with Crippen LogP contribution in [-0.2, 0) is 5.54 Å². The zero-order valence-corrected chi connectivity index (χ0v) is 22.0. The number of carbonyl (C=O) groups is 1. The molecule has 0 radical (unpaired) electrons. The first kappa shape index (κ1) is 23.9. The number of urea groups is 1. The molecule has 2 aromatic rings. The Balaban J connectivity index is 1.29. The normalized spacial score (nSPS) is 29.5. The maximum atomic E-state index is 14.0. The van der Waals surface area contributed by atoms with E-state index in [0.29, 0.717) is 11.8 Å². The SMILES string of the molecule is CN(C)C1(c2ccccc2)CCC2(CC1)CN(c1ccnc(C3CCCC3)n1)C(=O)N2CC1CCC1. The monoisotopic (exact) mass is 487 g/mol. The smallest absolute Gasteiger partial charge is 0.317 e. The number of rotatable bonds is 6. The van der Waals surface area contributed by atoms with E-state index in [1.807, 2.05) is 17.2 Å². The van der Waals surface area contributed by atoms with Crippen molar-refractivity contribution in [1.29, 1.82) is 0 Å². The average molecular weight is 488 g/mol. The van der Waals surface area contributed by atoms with Gasteiger partial charge in [0.25, 0.3) is 0 Å². The summed E-state index contributed by atoms with van der Waals surface area (Å²) >= 11 is 0. The van der Waals surface area contributed by atoms with E-state index in [1.165, 1.54) is 50.5 Å². The van der Waals surface area contributed by atoms with Crippen LogP contribution in [0, 0.1) is 5.92 Å². The Hall–Kier alpha value is -2.47. The van der Waals surface area contributed by atoms with Crippen molar-refractivity contribution >= 4 is 11.8 Å². The lowest BCUT2D eigenvalue weighted by atomic mass is 9.68. The largest absolute Gasteiger partial charge is 0.326 e. The van der Waals surface area contributed by atoms with Crippen molar-refractivity contribution in [3.63, 3.8) is 0 Å². The van der Waals surface area contributed by atoms with Gasteiger partial charge in [-0.25, -0.2) is 14.8 Å². The fraction of sp³-hybridized carbons (Fsp3) is 0.633. The van der Waals surface area contributed by atoms with E-state index >= 15 is 0 Å². The quantitative estimate of drug-likeness (QED) is 0.506. The topological polar surface area (TPSA) is 52.6 Å². The molecule has 6 rings (SSSR count). The summed E-state index contributed by atoms with van der Waals surface area (Å²) in [6, 6.07) is 13.1. The molecule has 4 aliphatic rings. The van der Waals surface area contributed by atoms with E-state index < -0.39 is 0 Å². The molecule has 6 heteroatoms. The molecular formula is C30H41N5O. The Kier molecular flexibility index (Phi) is 6.27. The van der Waals surface area contributed by atoms with Crippen LogP contribution in [0.4, 0.5) is 10.6 Å². The summed E-state index contributed by atoms with van der Waals surface area (Å²) in [6.07, 6.45) is 14.7. The zero-order valence-electron chi connectivity index (χ0n) is 22.0. The van der Waals surface area contributed by atoms with Gasteiger partial charge in [-0.3, -0.25) is 9.80 Å². The first-order valence-corrected chi connectivity index (χ1v) is 14.2. The van der Waals surface area contributed by atoms with Crippen LogP contribution in [0.5, 0.6) is 0 Å². The minimum absolute atomic E-state index is 0.0235. The second kappa shape index (κ2) is 9.44. The third-order valence-corrected chi connectivity index (χ3v) is 9.98. The number of carbonyl (C=O) groups excluding carboxylic acids is 1. The molecule has 0 unspecified atom stereocenters. The van der Waals surface area contributed by atoms with Gasteiger partial charge in [-0.1, -0.05) is 49.6 Å². The third-order valence-electron chi connectivity index (χ3n) is 9.98. The fourth-order valence-corrected chi connectivity index (χ4v) is 7.37. The molecule has 3 aliphatic carbocycles. The summed E-state index contributed by atoms with van der Waals surface area (Å²) in [7, 11) is 4.43. The molecule has 0 bridgehead atoms. The summed E-state index contributed by atoms with van der Waals surface area (Å²) in [5, 5.41) is 0. The number of anilines is 1. The lowest BCUT2D eigenvalue weighted by Crippen LogP contribution is -2.56. The van der Waals surface area contributed by atoms with E-state index in [4.69, 9.17) is 4.98 Å². The standard InChI is InChI=1S/C30H41N5O/c1-33(2)30(25-13-4-3-5-14-25)18-16-29(17-19-30)22-34(28(36)35(29)21-23-9-8-10-23)26-15-20-31-27(32-26)24-11-6-7-12-24/h3-5,13-15,20,23-24H,6-12,16-19,21-22H2,1-2H3. The van der Waals surface area contributed by atoms with E-state index in [9.17, 15) is 4.79 Å². The van der Waals surface area contributed by atoms with Gasteiger partial charge in [-0.2, -0.15) is 0 Å². The van der Waals surface area contributed by atoms with Crippen molar-refractivity contribution in [2.24, 2.45) is 5.92 Å². The van der Waals surface area contributed by atoms with E-state index in [2.05, 4.69) is 59.2 Å². The minimum atomic E-state index is -0.112. The van der Waals surface area contributed by atoms with Gasteiger partial charge < -0.3 is 4.90 Å². The number of aromatic nitrogens is 2. The number of nitrogens with zero attached hydrogens (tertiary/aromatic N) is 5. The van der Waals surface area contributed by atoms with Crippen molar-refractivity contribution < 1.29 is 4.79 Å². The van der Waals surface area contributed by atoms with E-state index in [1.54, 1.807) is 0 Å². The van der Waals surface area contributed by atoms with Crippen molar-refractivity contribution in [2.45, 2.75) is 87.6 Å². The van der Waals surface area contributed by atoms with Gasteiger partial charge in [0.2, 0.25) is 0 Å². The molecule has 1 aromatic heterocycles. The lowest BCUT2D eigenvalue weighted by Gasteiger charge is -2.51. The van der Waals surface area contributed by atoms with E-state index in [-0.39, 0.29) is 17.1 Å². The summed E-state index contributed by atoms with van der Waals surface area (Å²) in [6.45, 7) is 1.65. The summed E-state index contributed by atoms with van der Waals surface area (Å²) in [4.78, 5) is 30.3. The molecule has 6 nitrogen and oxygen atoms in total. The highest BCUT2D eigenvalue weighted by molar-refractivity contribution is 5.94. The van der Waals surface area contributed by atoms with Gasteiger partial charge in [0.1, 0.15) is 11.6 Å². The van der Waals surface area contributed by atoms with Crippen LogP contribution in [0.2, 0.25) is 0 Å². The Labute approximate surface area is 216 Å². The second-order valence-electron chi connectivity index (χ2n) is 12.0. The van der Waals surface area contributed by atoms with Gasteiger partial charge in [-0.05, 0) is 83.0 Å². The Bertz CT molecular complexity index is 1070. The van der Waals surface area contributed by atoms with Crippen LogP contribution < -0.4 is 4.90 Å². The predicted octanol–water partition coefficient (Wildman–Crippen LogP) is 5.95. The molecule has 36 heavy (non-hydrogen) atoms. The van der Waals surface area contributed by atoms with Crippen LogP contribution in [0.1, 0.15) is 87.9 Å². The van der Waals surface area contributed by atoms with Crippen LogP contribution in [0.25, 0.3) is 0 Å². The van der Waals surface area contributed by atoms with Crippen molar-refractivity contribution in [2.75, 3.05) is 32.1 Å². The van der Waals surface area contributed by atoms with Crippen molar-refractivity contribution in [3.8, 4) is 0 Å². The van der Waals surface area contributed by atoms with Crippen LogP contribution in [-0.4, -0.2) is 58.5 Å². The third kappa shape index (κ3) is 4.02. The Morgan fingerprint density at radius 2 is 1.67 bits per heavy atom. The zero-order chi connectivity index (χ0) is 24.8. The van der Waals surface area contributed by atoms with Crippen LogP contribution in [0.3, 0.4) is 0 Å². The van der Waals surface area contributed by atoms with Gasteiger partial charge in [-0.15, -0.1) is 0 Å². The molecule has 1 spiro atoms. The molecule has 2 amide bonds. The predicted molar refractivity (Wildman–Crippen MR) is 143 cm³/mol. The highest BCUT2D eigenvalue weighted by Gasteiger charge is 2.55. The summed E-state index contributed by atoms with van der Waals surface area (Å²) < 4.78 is 0. The van der Waals surface area contributed by atoms with Gasteiger partial charge >= 0.3 is 6.03 Å². The minimum Gasteiger partial charge on any atom is -0.317 e. The highest BCUT2D eigenvalue weighted by Crippen LogP contribution is 2.50. The van der Waals surface area contributed by atoms with Crippen LogP contribution >= 0.6 is 0 Å². The number of benzene rings is 1. The molecule has 4 fully saturated rings. The molecule has 1 saturated heterocycles. The fourth-order valence-electron chi connectivity index (χ4n) is 7.37. The first-order chi connectivity index (χ1) is 17.5. The number of amides is 2. The molecule has 0 N–H and O–H groups in total. The molecule has 2 heterocycles. The summed E-state index contributed by atoms with van der Waals surface area (Å²) in [5.74, 6) is 2.84. The number of hydrogen-bond donors (Lipinski definition) is 0. The maximum Gasteiger partial charge on any atom is 0.326 e. The van der Waals surface area contributed by atoms with Gasteiger partial charge in [0.05, 0.1) is 12.1 Å². The first-order valence-electron chi connectivity index (χ1n) is 14.2. The second-order valence-corrected chi connectivity index (χ2v) is 12.0. The molecule has 1 aliphatic heterocycles. The van der Waals surface area contributed by atoms with Crippen LogP contribution in [0.15, 0.2) is 42.6 Å². The maximum absolute atomic E-state index is 14.0. The Morgan fingerprint density at radius 1 is 0.944 bits per heavy atom. The molecular weight excluding hydrogens is 446 g/mol. The van der Waals surface area contributed by atoms with Gasteiger partial charge in [0, 0.05) is 24.2 Å².